The lowest BCUT2D eigenvalue weighted by Crippen LogP contribution is -2.37. The molecule has 2 unspecified atom stereocenters. The van der Waals surface area contributed by atoms with Gasteiger partial charge in [-0.1, -0.05) is 221 Å². The first-order valence-corrected chi connectivity index (χ1v) is 25.3. The van der Waals surface area contributed by atoms with Crippen LogP contribution in [0, 0.1) is 11.8 Å². The molecule has 330 valence electrons. The van der Waals surface area contributed by atoms with Gasteiger partial charge in [0.1, 0.15) is 0 Å². The summed E-state index contributed by atoms with van der Waals surface area (Å²) in [5.74, 6) is 1.61. The molecule has 8 heteroatoms. The highest BCUT2D eigenvalue weighted by molar-refractivity contribution is 7.45. The zero-order valence-corrected chi connectivity index (χ0v) is 38.3. The Kier molecular flexibility index (Phi) is 49.3. The van der Waals surface area contributed by atoms with Gasteiger partial charge in [-0.3, -0.25) is 0 Å². The molecule has 0 saturated heterocycles. The van der Waals surface area contributed by atoms with Crippen molar-refractivity contribution in [2.45, 2.75) is 265 Å². The summed E-state index contributed by atoms with van der Waals surface area (Å²) in [6.45, 7) is 16.0. The van der Waals surface area contributed by atoms with Crippen LogP contribution in [0.1, 0.15) is 260 Å². The van der Waals surface area contributed by atoms with Crippen LogP contribution < -0.4 is 5.73 Å². The third-order valence-corrected chi connectivity index (χ3v) is 10.9. The van der Waals surface area contributed by atoms with E-state index in [1.807, 2.05) is 0 Å². The van der Waals surface area contributed by atoms with Crippen molar-refractivity contribution in [3.63, 3.8) is 0 Å². The van der Waals surface area contributed by atoms with Crippen molar-refractivity contribution in [2.24, 2.45) is 17.6 Å². The molecule has 0 heterocycles. The van der Waals surface area contributed by atoms with Gasteiger partial charge in [0.15, 0.2) is 0 Å². The summed E-state index contributed by atoms with van der Waals surface area (Å²) in [4.78, 5) is 21.6. The van der Waals surface area contributed by atoms with Gasteiger partial charge in [0, 0.05) is 19.8 Å². The molecular formula is C46H100NO6P. The number of hydrogen-bond acceptors (Lipinski definition) is 4. The van der Waals surface area contributed by atoms with E-state index < -0.39 is 13.4 Å². The van der Waals surface area contributed by atoms with Crippen molar-refractivity contribution >= 4 is 7.82 Å². The molecule has 54 heavy (non-hydrogen) atoms. The topological polar surface area (TPSA) is 133 Å². The summed E-state index contributed by atoms with van der Waals surface area (Å²) in [7, 11) is -4.64. The van der Waals surface area contributed by atoms with E-state index in [0.29, 0.717) is 6.54 Å². The normalized spacial score (nSPS) is 12.9. The van der Waals surface area contributed by atoms with E-state index in [1.165, 1.54) is 180 Å². The highest BCUT2D eigenvalue weighted by Crippen LogP contribution is 2.26. The van der Waals surface area contributed by atoms with Gasteiger partial charge >= 0.3 is 7.82 Å². The van der Waals surface area contributed by atoms with Crippen LogP contribution in [0.4, 0.5) is 0 Å². The average Bonchev–Trinajstić information content (AvgIpc) is 3.14. The highest BCUT2D eigenvalue weighted by Gasteiger charge is 2.23. The van der Waals surface area contributed by atoms with Crippen molar-refractivity contribution in [1.82, 2.24) is 0 Å². The molecule has 0 spiro atoms. The molecule has 0 amide bonds. The van der Waals surface area contributed by atoms with E-state index in [0.717, 1.165) is 63.6 Å². The number of nitrogens with two attached hydrogens (primary N) is 1. The lowest BCUT2D eigenvalue weighted by Gasteiger charge is -2.26. The smallest absolute Gasteiger partial charge is 0.389 e. The summed E-state index contributed by atoms with van der Waals surface area (Å²) in [5.41, 5.74) is 4.96. The Hall–Kier alpha value is -0.0100. The van der Waals surface area contributed by atoms with E-state index in [-0.39, 0.29) is 0 Å². The fourth-order valence-corrected chi connectivity index (χ4v) is 7.22. The van der Waals surface area contributed by atoms with Crippen molar-refractivity contribution in [2.75, 3.05) is 19.8 Å². The zero-order valence-electron chi connectivity index (χ0n) is 37.4. The van der Waals surface area contributed by atoms with E-state index in [1.54, 1.807) is 0 Å². The molecule has 0 rings (SSSR count). The number of rotatable bonds is 39. The first kappa shape index (κ1) is 58.3. The second-order valence-corrected chi connectivity index (χ2v) is 17.7. The zero-order chi connectivity index (χ0) is 41.0. The molecule has 0 radical (unpaired) electrons. The molecule has 0 saturated carbocycles. The molecule has 6 N–H and O–H groups in total. The van der Waals surface area contributed by atoms with Gasteiger partial charge in [-0.05, 0) is 50.4 Å². The molecule has 2 atom stereocenters. The lowest BCUT2D eigenvalue weighted by atomic mass is 9.91. The SMILES string of the molecule is CCCCC(O)(CN)CCCC.CCCCCCCCCCC(CCCCCC)COCC(CCCCCC)CCCCCCCCCC.O=P(O)(O)O. The fourth-order valence-electron chi connectivity index (χ4n) is 7.22. The molecule has 0 aromatic heterocycles. The van der Waals surface area contributed by atoms with Gasteiger partial charge in [-0.15, -0.1) is 0 Å². The van der Waals surface area contributed by atoms with Crippen LogP contribution in [-0.2, 0) is 9.30 Å². The maximum Gasteiger partial charge on any atom is 0.466 e. The summed E-state index contributed by atoms with van der Waals surface area (Å²) >= 11 is 0. The van der Waals surface area contributed by atoms with Crippen LogP contribution in [0.2, 0.25) is 0 Å². The Balaban J connectivity index is -0.00000126. The van der Waals surface area contributed by atoms with Crippen molar-refractivity contribution in [1.29, 1.82) is 0 Å². The van der Waals surface area contributed by atoms with Crippen LogP contribution in [0.5, 0.6) is 0 Å². The molecule has 0 aliphatic rings. The first-order chi connectivity index (χ1) is 26.0. The highest BCUT2D eigenvalue weighted by atomic mass is 31.2. The Morgan fingerprint density at radius 1 is 0.444 bits per heavy atom. The summed E-state index contributed by atoms with van der Waals surface area (Å²) < 4.78 is 15.4. The third kappa shape index (κ3) is 52.0. The van der Waals surface area contributed by atoms with Crippen LogP contribution in [0.15, 0.2) is 0 Å². The van der Waals surface area contributed by atoms with Gasteiger partial charge in [-0.2, -0.15) is 0 Å². The van der Waals surface area contributed by atoms with E-state index in [9.17, 15) is 5.11 Å². The van der Waals surface area contributed by atoms with Gasteiger partial charge in [0.25, 0.3) is 0 Å². The summed E-state index contributed by atoms with van der Waals surface area (Å²) in [5, 5.41) is 9.96. The van der Waals surface area contributed by atoms with Crippen LogP contribution >= 0.6 is 7.82 Å². The predicted molar refractivity (Wildman–Crippen MR) is 237 cm³/mol. The first-order valence-electron chi connectivity index (χ1n) is 23.7. The molecule has 0 fully saturated rings. The number of unbranched alkanes of at least 4 members (excludes halogenated alkanes) is 22. The van der Waals surface area contributed by atoms with Crippen LogP contribution in [-0.4, -0.2) is 45.1 Å². The Labute approximate surface area is 338 Å². The maximum absolute atomic E-state index is 9.96. The number of hydrogen-bond donors (Lipinski definition) is 5. The number of aliphatic hydroxyl groups is 1. The van der Waals surface area contributed by atoms with Gasteiger partial charge in [0.05, 0.1) is 5.60 Å². The molecule has 0 aliphatic carbocycles. The Morgan fingerprint density at radius 2 is 0.667 bits per heavy atom. The Bertz CT molecular complexity index is 684. The quantitative estimate of drug-likeness (QED) is 0.0309. The second-order valence-electron chi connectivity index (χ2n) is 16.6. The lowest BCUT2D eigenvalue weighted by molar-refractivity contribution is 0.0273. The van der Waals surface area contributed by atoms with Gasteiger partial charge in [-0.25, -0.2) is 4.57 Å². The van der Waals surface area contributed by atoms with Crippen LogP contribution in [0.3, 0.4) is 0 Å². The molecule has 7 nitrogen and oxygen atoms in total. The number of phosphoric acid groups is 1. The van der Waals surface area contributed by atoms with E-state index in [4.69, 9.17) is 29.7 Å². The standard InChI is InChI=1S/C36H74O.C10H23NO.H3O4P/c1-5-9-13-17-19-21-23-27-31-35(29-25-15-11-7-3)33-37-34-36(30-26-16-12-8-4)32-28-24-22-20-18-14-10-6-2;1-3-5-7-10(12,9-11)8-6-4-2;1-5(2,3)4/h35-36H,5-34H2,1-4H3;12H,3-9,11H2,1-2H3;(H3,1,2,3,4). The largest absolute Gasteiger partial charge is 0.466 e. The van der Waals surface area contributed by atoms with Crippen LogP contribution in [0.25, 0.3) is 0 Å². The second kappa shape index (κ2) is 45.7. The molecule has 0 bridgehead atoms. The Morgan fingerprint density at radius 3 is 0.907 bits per heavy atom. The molecule has 0 aliphatic heterocycles. The minimum Gasteiger partial charge on any atom is -0.389 e. The van der Waals surface area contributed by atoms with Gasteiger partial charge in [0.2, 0.25) is 0 Å². The summed E-state index contributed by atoms with van der Waals surface area (Å²) in [6, 6.07) is 0. The average molecular weight is 794 g/mol. The minimum atomic E-state index is -4.64. The van der Waals surface area contributed by atoms with Crippen molar-refractivity contribution < 1.29 is 29.1 Å². The predicted octanol–water partition coefficient (Wildman–Crippen LogP) is 14.4. The molecular weight excluding hydrogens is 693 g/mol. The monoisotopic (exact) mass is 794 g/mol. The fraction of sp³-hybridized carbons (Fsp3) is 1.00. The van der Waals surface area contributed by atoms with Crippen molar-refractivity contribution in [3.8, 4) is 0 Å². The number of ether oxygens (including phenoxy) is 1. The maximum atomic E-state index is 9.96. The minimum absolute atomic E-state index is 0.410. The molecule has 0 aromatic rings. The van der Waals surface area contributed by atoms with E-state index in [2.05, 4.69) is 41.5 Å². The van der Waals surface area contributed by atoms with E-state index >= 15 is 0 Å². The third-order valence-electron chi connectivity index (χ3n) is 10.9. The van der Waals surface area contributed by atoms with Gasteiger partial charge < -0.3 is 30.3 Å². The summed E-state index contributed by atoms with van der Waals surface area (Å²) in [6.07, 6.45) is 45.8. The van der Waals surface area contributed by atoms with Crippen molar-refractivity contribution in [3.05, 3.63) is 0 Å². The molecule has 0 aromatic carbocycles.